The molecule has 1 fully saturated rings. The molecule has 0 aromatic heterocycles. The predicted octanol–water partition coefficient (Wildman–Crippen LogP) is 3.98. The molecule has 0 spiro atoms. The lowest BCUT2D eigenvalue weighted by molar-refractivity contribution is -0.123. The van der Waals surface area contributed by atoms with Crippen molar-refractivity contribution in [1.82, 2.24) is 4.31 Å². The molecular weight excluding hydrogens is 466 g/mol. The highest BCUT2D eigenvalue weighted by Gasteiger charge is 2.27. The number of esters is 1. The smallest absolute Gasteiger partial charge is 0.341 e. The molecule has 0 bridgehead atoms. The molecular formula is C21H21ClF2N2O5S. The number of halogens is 3. The first kappa shape index (κ1) is 24.1. The Kier molecular flexibility index (Phi) is 7.47. The number of rotatable bonds is 6. The SMILES string of the molecule is C[C@H](OC(=O)c1ccc(F)cc1F)C(=O)Nc1cc(S(=O)(=O)N2CCCCC2)ccc1Cl. The van der Waals surface area contributed by atoms with Gasteiger partial charge >= 0.3 is 5.97 Å². The second kappa shape index (κ2) is 9.93. The number of piperidine rings is 1. The Morgan fingerprint density at radius 1 is 1.09 bits per heavy atom. The summed E-state index contributed by atoms with van der Waals surface area (Å²) in [6.07, 6.45) is 1.14. The quantitative estimate of drug-likeness (QED) is 0.623. The van der Waals surface area contributed by atoms with Gasteiger partial charge in [-0.25, -0.2) is 22.0 Å². The molecule has 0 saturated carbocycles. The standard InChI is InChI=1S/C21H21ClF2N2O5S/c1-13(31-21(28)16-7-5-14(23)11-18(16)24)20(27)25-19-12-15(6-8-17(19)22)32(29,30)26-9-3-2-4-10-26/h5-8,11-13H,2-4,9-10H2,1H3,(H,25,27)/t13-/m0/s1. The molecule has 172 valence electrons. The fourth-order valence-corrected chi connectivity index (χ4v) is 4.89. The van der Waals surface area contributed by atoms with E-state index in [1.54, 1.807) is 0 Å². The van der Waals surface area contributed by atoms with Gasteiger partial charge in [0.1, 0.15) is 11.6 Å². The van der Waals surface area contributed by atoms with Crippen LogP contribution in [-0.2, 0) is 19.6 Å². The minimum absolute atomic E-state index is 0.0191. The first-order chi connectivity index (χ1) is 15.1. The molecule has 0 aliphatic carbocycles. The van der Waals surface area contributed by atoms with Crippen molar-refractivity contribution >= 4 is 39.2 Å². The van der Waals surface area contributed by atoms with Crippen LogP contribution in [0.15, 0.2) is 41.3 Å². The van der Waals surface area contributed by atoms with Gasteiger partial charge in [0, 0.05) is 19.2 Å². The number of benzene rings is 2. The second-order valence-electron chi connectivity index (χ2n) is 7.27. The number of hydrogen-bond acceptors (Lipinski definition) is 5. The highest BCUT2D eigenvalue weighted by Crippen LogP contribution is 2.28. The van der Waals surface area contributed by atoms with Gasteiger partial charge in [-0.15, -0.1) is 0 Å². The molecule has 1 saturated heterocycles. The molecule has 32 heavy (non-hydrogen) atoms. The lowest BCUT2D eigenvalue weighted by Gasteiger charge is -2.26. The van der Waals surface area contributed by atoms with Crippen molar-refractivity contribution in [3.63, 3.8) is 0 Å². The Balaban J connectivity index is 1.72. The topological polar surface area (TPSA) is 92.8 Å². The van der Waals surface area contributed by atoms with Gasteiger partial charge in [-0.1, -0.05) is 18.0 Å². The normalized spacial score (nSPS) is 15.8. The summed E-state index contributed by atoms with van der Waals surface area (Å²) in [4.78, 5) is 24.5. The van der Waals surface area contributed by atoms with Gasteiger partial charge in [-0.3, -0.25) is 4.79 Å². The van der Waals surface area contributed by atoms with Gasteiger partial charge in [-0.05, 0) is 50.1 Å². The molecule has 1 N–H and O–H groups in total. The summed E-state index contributed by atoms with van der Waals surface area (Å²) in [6, 6.07) is 6.25. The lowest BCUT2D eigenvalue weighted by Crippen LogP contribution is -2.35. The molecule has 1 atom stereocenters. The van der Waals surface area contributed by atoms with E-state index < -0.39 is 45.2 Å². The third-order valence-electron chi connectivity index (χ3n) is 4.95. The van der Waals surface area contributed by atoms with E-state index in [1.165, 1.54) is 29.4 Å². The summed E-state index contributed by atoms with van der Waals surface area (Å²) in [5, 5.41) is 2.50. The van der Waals surface area contributed by atoms with Gasteiger partial charge in [-0.2, -0.15) is 4.31 Å². The van der Waals surface area contributed by atoms with Crippen LogP contribution in [0.1, 0.15) is 36.5 Å². The van der Waals surface area contributed by atoms with Crippen LogP contribution in [0, 0.1) is 11.6 Å². The van der Waals surface area contributed by atoms with E-state index in [0.717, 1.165) is 31.4 Å². The molecule has 0 unspecified atom stereocenters. The van der Waals surface area contributed by atoms with Crippen molar-refractivity contribution in [3.8, 4) is 0 Å². The largest absolute Gasteiger partial charge is 0.449 e. The Morgan fingerprint density at radius 3 is 2.44 bits per heavy atom. The molecule has 1 aliphatic rings. The van der Waals surface area contributed by atoms with E-state index in [2.05, 4.69) is 5.32 Å². The molecule has 1 amide bonds. The Bertz CT molecular complexity index is 1140. The van der Waals surface area contributed by atoms with Crippen LogP contribution < -0.4 is 5.32 Å². The number of amides is 1. The zero-order valence-corrected chi connectivity index (χ0v) is 18.7. The maximum Gasteiger partial charge on any atom is 0.341 e. The van der Waals surface area contributed by atoms with E-state index in [4.69, 9.17) is 16.3 Å². The molecule has 3 rings (SSSR count). The van der Waals surface area contributed by atoms with Crippen molar-refractivity contribution in [1.29, 1.82) is 0 Å². The van der Waals surface area contributed by atoms with Crippen molar-refractivity contribution in [2.75, 3.05) is 18.4 Å². The molecule has 2 aromatic rings. The maximum atomic E-state index is 13.7. The van der Waals surface area contributed by atoms with Crippen LogP contribution in [0.5, 0.6) is 0 Å². The van der Waals surface area contributed by atoms with Crippen molar-refractivity contribution < 1.29 is 31.5 Å². The summed E-state index contributed by atoms with van der Waals surface area (Å²) < 4.78 is 58.8. The fraction of sp³-hybridized carbons (Fsp3) is 0.333. The Morgan fingerprint density at radius 2 is 1.78 bits per heavy atom. The van der Waals surface area contributed by atoms with Gasteiger partial charge in [0.25, 0.3) is 5.91 Å². The summed E-state index contributed by atoms with van der Waals surface area (Å²) in [5.41, 5.74) is -0.510. The zero-order chi connectivity index (χ0) is 23.5. The highest BCUT2D eigenvalue weighted by molar-refractivity contribution is 7.89. The van der Waals surface area contributed by atoms with E-state index in [1.807, 2.05) is 0 Å². The molecule has 11 heteroatoms. The molecule has 2 aromatic carbocycles. The monoisotopic (exact) mass is 486 g/mol. The summed E-state index contributed by atoms with van der Waals surface area (Å²) in [7, 11) is -3.75. The van der Waals surface area contributed by atoms with E-state index in [9.17, 15) is 26.8 Å². The van der Waals surface area contributed by atoms with E-state index in [-0.39, 0.29) is 15.6 Å². The third-order valence-corrected chi connectivity index (χ3v) is 7.18. The summed E-state index contributed by atoms with van der Waals surface area (Å²) in [5.74, 6) is -3.95. The highest BCUT2D eigenvalue weighted by atomic mass is 35.5. The van der Waals surface area contributed by atoms with Crippen LogP contribution in [0.25, 0.3) is 0 Å². The molecule has 1 heterocycles. The first-order valence-corrected chi connectivity index (χ1v) is 11.7. The summed E-state index contributed by atoms with van der Waals surface area (Å²) in [6.45, 7) is 2.08. The molecule has 1 aliphatic heterocycles. The number of hydrogen-bond donors (Lipinski definition) is 1. The fourth-order valence-electron chi connectivity index (χ4n) is 3.18. The number of carbonyl (C=O) groups excluding carboxylic acids is 2. The summed E-state index contributed by atoms with van der Waals surface area (Å²) >= 11 is 6.10. The third kappa shape index (κ3) is 5.43. The first-order valence-electron chi connectivity index (χ1n) is 9.86. The number of carbonyl (C=O) groups is 2. The van der Waals surface area contributed by atoms with Gasteiger partial charge in [0.2, 0.25) is 10.0 Å². The van der Waals surface area contributed by atoms with Crippen LogP contribution in [0.3, 0.4) is 0 Å². The number of nitrogens with one attached hydrogen (secondary N) is 1. The van der Waals surface area contributed by atoms with Crippen LogP contribution in [0.4, 0.5) is 14.5 Å². The van der Waals surface area contributed by atoms with E-state index in [0.29, 0.717) is 19.2 Å². The maximum absolute atomic E-state index is 13.7. The van der Waals surface area contributed by atoms with Crippen LogP contribution >= 0.6 is 11.6 Å². The number of ether oxygens (including phenoxy) is 1. The van der Waals surface area contributed by atoms with Crippen molar-refractivity contribution in [2.24, 2.45) is 0 Å². The lowest BCUT2D eigenvalue weighted by atomic mass is 10.2. The average molecular weight is 487 g/mol. The minimum atomic E-state index is -3.75. The van der Waals surface area contributed by atoms with Crippen LogP contribution in [0.2, 0.25) is 5.02 Å². The molecule has 7 nitrogen and oxygen atoms in total. The average Bonchev–Trinajstić information content (AvgIpc) is 2.75. The van der Waals surface area contributed by atoms with Crippen molar-refractivity contribution in [3.05, 3.63) is 58.6 Å². The van der Waals surface area contributed by atoms with Gasteiger partial charge < -0.3 is 10.1 Å². The van der Waals surface area contributed by atoms with Crippen molar-refractivity contribution in [2.45, 2.75) is 37.2 Å². The van der Waals surface area contributed by atoms with Crippen LogP contribution in [-0.4, -0.2) is 43.8 Å². The molecule has 0 radical (unpaired) electrons. The Hall–Kier alpha value is -2.56. The Labute approximate surface area is 189 Å². The zero-order valence-electron chi connectivity index (χ0n) is 17.1. The van der Waals surface area contributed by atoms with Gasteiger partial charge in [0.05, 0.1) is 21.2 Å². The second-order valence-corrected chi connectivity index (χ2v) is 9.61. The predicted molar refractivity (Wildman–Crippen MR) is 114 cm³/mol. The number of nitrogens with zero attached hydrogens (tertiary/aromatic N) is 1. The van der Waals surface area contributed by atoms with Gasteiger partial charge in [0.15, 0.2) is 6.10 Å². The number of sulfonamides is 1. The van der Waals surface area contributed by atoms with E-state index >= 15 is 0 Å². The number of anilines is 1. The minimum Gasteiger partial charge on any atom is -0.449 e.